The predicted octanol–water partition coefficient (Wildman–Crippen LogP) is 4.19. The molecular weight excluding hydrogens is 300 g/mol. The van der Waals surface area contributed by atoms with Gasteiger partial charge < -0.3 is 5.11 Å². The van der Waals surface area contributed by atoms with Gasteiger partial charge in [0.25, 0.3) is 0 Å². The molecular formula is C21H14O3. The molecule has 0 radical (unpaired) electrons. The summed E-state index contributed by atoms with van der Waals surface area (Å²) in [6.07, 6.45) is 0.838. The summed E-state index contributed by atoms with van der Waals surface area (Å²) >= 11 is 0. The lowest BCUT2D eigenvalue weighted by molar-refractivity contribution is 0.0696. The number of hydrogen-bond donors (Lipinski definition) is 1. The average molecular weight is 314 g/mol. The Morgan fingerprint density at radius 2 is 1.33 bits per heavy atom. The normalized spacial score (nSPS) is 11.7. The minimum absolute atomic E-state index is 0.0919. The van der Waals surface area contributed by atoms with Crippen LogP contribution in [0.15, 0.2) is 66.7 Å². The van der Waals surface area contributed by atoms with Crippen molar-refractivity contribution in [2.24, 2.45) is 0 Å². The van der Waals surface area contributed by atoms with Gasteiger partial charge in [0.2, 0.25) is 0 Å². The Balaban J connectivity index is 1.67. The molecule has 0 unspecified atom stereocenters. The van der Waals surface area contributed by atoms with Gasteiger partial charge in [-0.1, -0.05) is 48.5 Å². The van der Waals surface area contributed by atoms with Gasteiger partial charge in [-0.05, 0) is 46.9 Å². The second-order valence-electron chi connectivity index (χ2n) is 5.92. The molecule has 3 nitrogen and oxygen atoms in total. The molecule has 3 heteroatoms. The van der Waals surface area contributed by atoms with Crippen LogP contribution >= 0.6 is 0 Å². The molecule has 0 saturated heterocycles. The first-order chi connectivity index (χ1) is 11.6. The van der Waals surface area contributed by atoms with Gasteiger partial charge in [-0.2, -0.15) is 0 Å². The van der Waals surface area contributed by atoms with Crippen LogP contribution in [0.5, 0.6) is 0 Å². The van der Waals surface area contributed by atoms with E-state index in [1.54, 1.807) is 12.1 Å². The van der Waals surface area contributed by atoms with Gasteiger partial charge in [0.15, 0.2) is 5.78 Å². The van der Waals surface area contributed by atoms with E-state index in [0.717, 1.165) is 12.0 Å². The van der Waals surface area contributed by atoms with Gasteiger partial charge in [-0.15, -0.1) is 0 Å². The lowest BCUT2D eigenvalue weighted by atomic mass is 9.97. The van der Waals surface area contributed by atoms with E-state index in [9.17, 15) is 9.59 Å². The van der Waals surface area contributed by atoms with Gasteiger partial charge >= 0.3 is 5.97 Å². The Labute approximate surface area is 139 Å². The van der Waals surface area contributed by atoms with Gasteiger partial charge in [-0.25, -0.2) is 4.79 Å². The van der Waals surface area contributed by atoms with E-state index in [0.29, 0.717) is 11.1 Å². The first-order valence-corrected chi connectivity index (χ1v) is 7.73. The molecule has 0 bridgehead atoms. The van der Waals surface area contributed by atoms with Crippen LogP contribution < -0.4 is 0 Å². The number of hydrogen-bond acceptors (Lipinski definition) is 2. The summed E-state index contributed by atoms with van der Waals surface area (Å²) in [6.45, 7) is 0. The van der Waals surface area contributed by atoms with Crippen molar-refractivity contribution in [2.75, 3.05) is 0 Å². The molecule has 1 N–H and O–H groups in total. The third-order valence-electron chi connectivity index (χ3n) is 4.45. The summed E-state index contributed by atoms with van der Waals surface area (Å²) in [6, 6.07) is 20.1. The molecule has 0 spiro atoms. The second kappa shape index (κ2) is 5.46. The number of rotatable bonds is 3. The van der Waals surface area contributed by atoms with Gasteiger partial charge in [-0.3, -0.25) is 4.79 Å². The Bertz CT molecular complexity index is 969. The lowest BCUT2D eigenvalue weighted by Gasteiger charge is -2.05. The Morgan fingerprint density at radius 1 is 0.708 bits per heavy atom. The number of carboxylic acid groups (broad SMARTS) is 1. The molecule has 116 valence electrons. The lowest BCUT2D eigenvalue weighted by Crippen LogP contribution is -2.03. The largest absolute Gasteiger partial charge is 0.478 e. The summed E-state index contributed by atoms with van der Waals surface area (Å²) in [5.41, 5.74) is 6.16. The monoisotopic (exact) mass is 314 g/mol. The number of benzene rings is 3. The van der Waals surface area contributed by atoms with Crippen LogP contribution in [0.1, 0.15) is 37.4 Å². The van der Waals surface area contributed by atoms with Crippen molar-refractivity contribution in [1.29, 1.82) is 0 Å². The van der Waals surface area contributed by atoms with Crippen LogP contribution in [0.4, 0.5) is 0 Å². The van der Waals surface area contributed by atoms with Crippen molar-refractivity contribution >= 4 is 11.8 Å². The zero-order valence-electron chi connectivity index (χ0n) is 12.8. The number of fused-ring (bicyclic) bond motifs is 3. The molecule has 0 heterocycles. The van der Waals surface area contributed by atoms with Crippen molar-refractivity contribution in [2.45, 2.75) is 6.42 Å². The number of ketones is 1. The summed E-state index contributed by atoms with van der Waals surface area (Å²) in [5, 5.41) is 8.94. The molecule has 1 aliphatic carbocycles. The third-order valence-corrected chi connectivity index (χ3v) is 4.45. The van der Waals surface area contributed by atoms with Crippen LogP contribution in [0.3, 0.4) is 0 Å². The minimum atomic E-state index is -0.996. The maximum Gasteiger partial charge on any atom is 0.335 e. The van der Waals surface area contributed by atoms with E-state index in [4.69, 9.17) is 5.11 Å². The van der Waals surface area contributed by atoms with Gasteiger partial charge in [0.1, 0.15) is 0 Å². The SMILES string of the molecule is O=C(O)c1ccc(C(=O)c2ccc3c(c2)Cc2ccccc2-3)cc1. The molecule has 3 aromatic carbocycles. The van der Waals surface area contributed by atoms with Crippen LogP contribution in [0.25, 0.3) is 11.1 Å². The standard InChI is InChI=1S/C21H14O3/c22-20(13-5-7-14(8-6-13)21(23)24)16-9-10-19-17(12-16)11-15-3-1-2-4-18(15)19/h1-10,12H,11H2,(H,23,24). The zero-order chi connectivity index (χ0) is 16.7. The topological polar surface area (TPSA) is 54.4 Å². The van der Waals surface area contributed by atoms with Crippen molar-refractivity contribution in [3.8, 4) is 11.1 Å². The second-order valence-corrected chi connectivity index (χ2v) is 5.92. The quantitative estimate of drug-likeness (QED) is 0.577. The third kappa shape index (κ3) is 2.31. The van der Waals surface area contributed by atoms with Crippen molar-refractivity contribution in [3.05, 3.63) is 94.5 Å². The fourth-order valence-corrected chi connectivity index (χ4v) is 3.22. The van der Waals surface area contributed by atoms with E-state index in [1.807, 2.05) is 30.3 Å². The first-order valence-electron chi connectivity index (χ1n) is 7.73. The summed E-state index contributed by atoms with van der Waals surface area (Å²) in [5.74, 6) is -1.09. The Morgan fingerprint density at radius 3 is 2.08 bits per heavy atom. The van der Waals surface area contributed by atoms with E-state index in [2.05, 4.69) is 12.1 Å². The molecule has 3 aromatic rings. The number of aromatic carboxylic acids is 1. The van der Waals surface area contributed by atoms with E-state index in [-0.39, 0.29) is 11.3 Å². The maximum absolute atomic E-state index is 12.7. The fourth-order valence-electron chi connectivity index (χ4n) is 3.22. The summed E-state index contributed by atoms with van der Waals surface area (Å²) < 4.78 is 0. The smallest absolute Gasteiger partial charge is 0.335 e. The Hall–Kier alpha value is -3.20. The Kier molecular flexibility index (Phi) is 3.28. The highest BCUT2D eigenvalue weighted by Gasteiger charge is 2.20. The van der Waals surface area contributed by atoms with Crippen LogP contribution in [-0.4, -0.2) is 16.9 Å². The maximum atomic E-state index is 12.7. The van der Waals surface area contributed by atoms with E-state index in [1.165, 1.54) is 28.8 Å². The minimum Gasteiger partial charge on any atom is -0.478 e. The summed E-state index contributed by atoms with van der Waals surface area (Å²) in [7, 11) is 0. The fraction of sp³-hybridized carbons (Fsp3) is 0.0476. The molecule has 0 fully saturated rings. The molecule has 4 rings (SSSR count). The van der Waals surface area contributed by atoms with Crippen LogP contribution in [-0.2, 0) is 6.42 Å². The molecule has 0 atom stereocenters. The van der Waals surface area contributed by atoms with Crippen LogP contribution in [0, 0.1) is 0 Å². The van der Waals surface area contributed by atoms with E-state index >= 15 is 0 Å². The van der Waals surface area contributed by atoms with Crippen LogP contribution in [0.2, 0.25) is 0 Å². The van der Waals surface area contributed by atoms with Gasteiger partial charge in [0.05, 0.1) is 5.56 Å². The highest BCUT2D eigenvalue weighted by atomic mass is 16.4. The first kappa shape index (κ1) is 14.4. The average Bonchev–Trinajstić information content (AvgIpc) is 2.99. The molecule has 0 aliphatic heterocycles. The van der Waals surface area contributed by atoms with Crippen molar-refractivity contribution < 1.29 is 14.7 Å². The van der Waals surface area contributed by atoms with E-state index < -0.39 is 5.97 Å². The highest BCUT2D eigenvalue weighted by Crippen LogP contribution is 2.36. The van der Waals surface area contributed by atoms with Gasteiger partial charge in [0, 0.05) is 11.1 Å². The highest BCUT2D eigenvalue weighted by molar-refractivity contribution is 6.09. The van der Waals surface area contributed by atoms with Crippen molar-refractivity contribution in [1.82, 2.24) is 0 Å². The number of carbonyl (C=O) groups excluding carboxylic acids is 1. The summed E-state index contributed by atoms with van der Waals surface area (Å²) in [4.78, 5) is 23.6. The molecule has 0 saturated carbocycles. The predicted molar refractivity (Wildman–Crippen MR) is 91.5 cm³/mol. The number of carboxylic acids is 1. The molecule has 0 amide bonds. The molecule has 1 aliphatic rings. The number of carbonyl (C=O) groups is 2. The zero-order valence-corrected chi connectivity index (χ0v) is 12.8. The van der Waals surface area contributed by atoms with Crippen molar-refractivity contribution in [3.63, 3.8) is 0 Å². The molecule has 24 heavy (non-hydrogen) atoms. The molecule has 0 aromatic heterocycles.